The number of benzene rings is 1. The Bertz CT molecular complexity index is 497. The second kappa shape index (κ2) is 8.88. The molecule has 1 aliphatic heterocycles. The fraction of sp³-hybridized carbons (Fsp3) is 0.588. The van der Waals surface area contributed by atoms with Crippen LogP contribution in [0.15, 0.2) is 24.3 Å². The Morgan fingerprint density at radius 2 is 1.78 bits per heavy atom. The molecule has 0 atom stereocenters. The molecule has 0 aromatic heterocycles. The minimum Gasteiger partial charge on any atom is -0.325 e. The van der Waals surface area contributed by atoms with E-state index in [4.69, 9.17) is 11.6 Å². The molecule has 1 amide bonds. The van der Waals surface area contributed by atoms with E-state index in [1.54, 1.807) is 12.1 Å². The van der Waals surface area contributed by atoms with E-state index in [1.165, 1.54) is 19.4 Å². The lowest BCUT2D eigenvalue weighted by molar-refractivity contribution is -0.117. The molecular weight excluding hydrogens is 333 g/mol. The Labute approximate surface area is 149 Å². The third-order valence-electron chi connectivity index (χ3n) is 4.47. The summed E-state index contributed by atoms with van der Waals surface area (Å²) in [6, 6.07) is 7.86. The van der Waals surface area contributed by atoms with E-state index >= 15 is 0 Å². The summed E-state index contributed by atoms with van der Waals surface area (Å²) in [4.78, 5) is 14.3. The van der Waals surface area contributed by atoms with Gasteiger partial charge in [-0.2, -0.15) is 0 Å². The predicted molar refractivity (Wildman–Crippen MR) is 97.5 cm³/mol. The van der Waals surface area contributed by atoms with Gasteiger partial charge in [0.05, 0.1) is 6.54 Å². The number of likely N-dealkylation sites (tertiary alicyclic amines) is 1. The number of hydrogen-bond acceptors (Lipinski definition) is 3. The molecule has 1 saturated carbocycles. The number of halogens is 2. The van der Waals surface area contributed by atoms with Crippen LogP contribution in [-0.2, 0) is 4.79 Å². The van der Waals surface area contributed by atoms with Crippen LogP contribution in [0.25, 0.3) is 0 Å². The highest BCUT2D eigenvalue weighted by molar-refractivity contribution is 6.30. The Morgan fingerprint density at radius 1 is 1.13 bits per heavy atom. The third kappa shape index (κ3) is 6.30. The van der Waals surface area contributed by atoms with Crippen molar-refractivity contribution >= 4 is 35.6 Å². The van der Waals surface area contributed by atoms with Crippen molar-refractivity contribution < 1.29 is 4.79 Å². The second-order valence-corrected chi connectivity index (χ2v) is 6.89. The molecule has 2 fully saturated rings. The molecule has 2 aliphatic rings. The van der Waals surface area contributed by atoms with Crippen LogP contribution in [0.1, 0.15) is 25.7 Å². The van der Waals surface area contributed by atoms with E-state index in [0.29, 0.717) is 17.6 Å². The number of rotatable bonds is 6. The third-order valence-corrected chi connectivity index (χ3v) is 4.73. The molecule has 3 rings (SSSR count). The summed E-state index contributed by atoms with van der Waals surface area (Å²) < 4.78 is 0. The van der Waals surface area contributed by atoms with Gasteiger partial charge in [-0.25, -0.2) is 0 Å². The van der Waals surface area contributed by atoms with E-state index in [-0.39, 0.29) is 18.3 Å². The average Bonchev–Trinajstić information content (AvgIpc) is 3.33. The summed E-state index contributed by atoms with van der Waals surface area (Å²) in [7, 11) is 0. The van der Waals surface area contributed by atoms with Gasteiger partial charge in [0.1, 0.15) is 0 Å². The fourth-order valence-corrected chi connectivity index (χ4v) is 3.01. The van der Waals surface area contributed by atoms with Gasteiger partial charge in [0.2, 0.25) is 5.91 Å². The molecule has 0 spiro atoms. The first-order valence-corrected chi connectivity index (χ1v) is 8.58. The van der Waals surface area contributed by atoms with E-state index in [1.807, 2.05) is 12.1 Å². The van der Waals surface area contributed by atoms with Gasteiger partial charge in [0.15, 0.2) is 0 Å². The molecular formula is C17H25Cl2N3O. The standard InChI is InChI=1S/C17H24ClN3O.ClH/c18-14-3-5-16(6-4-14)20-17(22)12-21-9-7-15(8-10-21)19-11-13-1-2-13;/h3-6,13,15,19H,1-2,7-12H2,(H,20,22);1H. The zero-order valence-electron chi connectivity index (χ0n) is 13.3. The minimum absolute atomic E-state index is 0. The molecule has 0 radical (unpaired) electrons. The van der Waals surface area contributed by atoms with Crippen LogP contribution in [0, 0.1) is 5.92 Å². The van der Waals surface area contributed by atoms with Crippen LogP contribution in [0.3, 0.4) is 0 Å². The molecule has 0 unspecified atom stereocenters. The molecule has 1 aromatic carbocycles. The maximum atomic E-state index is 12.1. The van der Waals surface area contributed by atoms with Crippen molar-refractivity contribution in [3.63, 3.8) is 0 Å². The molecule has 6 heteroatoms. The van der Waals surface area contributed by atoms with Crippen molar-refractivity contribution in [2.24, 2.45) is 5.92 Å². The van der Waals surface area contributed by atoms with Crippen molar-refractivity contribution in [1.29, 1.82) is 0 Å². The maximum Gasteiger partial charge on any atom is 0.238 e. The monoisotopic (exact) mass is 357 g/mol. The number of anilines is 1. The summed E-state index contributed by atoms with van der Waals surface area (Å²) in [5, 5.41) is 7.26. The first-order valence-electron chi connectivity index (χ1n) is 8.20. The molecule has 1 aliphatic carbocycles. The average molecular weight is 358 g/mol. The second-order valence-electron chi connectivity index (χ2n) is 6.46. The molecule has 1 saturated heterocycles. The van der Waals surface area contributed by atoms with Crippen LogP contribution in [0.4, 0.5) is 5.69 Å². The van der Waals surface area contributed by atoms with Gasteiger partial charge >= 0.3 is 0 Å². The highest BCUT2D eigenvalue weighted by atomic mass is 35.5. The van der Waals surface area contributed by atoms with Gasteiger partial charge in [-0.15, -0.1) is 12.4 Å². The van der Waals surface area contributed by atoms with Gasteiger partial charge in [-0.1, -0.05) is 11.6 Å². The summed E-state index contributed by atoms with van der Waals surface area (Å²) in [5.74, 6) is 0.981. The van der Waals surface area contributed by atoms with Gasteiger partial charge < -0.3 is 10.6 Å². The van der Waals surface area contributed by atoms with E-state index in [2.05, 4.69) is 15.5 Å². The number of nitrogens with one attached hydrogen (secondary N) is 2. The number of amides is 1. The normalized spacial score (nSPS) is 19.2. The number of hydrogen-bond donors (Lipinski definition) is 2. The van der Waals surface area contributed by atoms with Crippen LogP contribution in [0.5, 0.6) is 0 Å². The first-order chi connectivity index (χ1) is 10.7. The van der Waals surface area contributed by atoms with Crippen molar-refractivity contribution in [3.05, 3.63) is 29.3 Å². The van der Waals surface area contributed by atoms with Crippen molar-refractivity contribution in [1.82, 2.24) is 10.2 Å². The molecule has 2 N–H and O–H groups in total. The first kappa shape index (κ1) is 18.5. The Morgan fingerprint density at radius 3 is 2.39 bits per heavy atom. The van der Waals surface area contributed by atoms with E-state index in [0.717, 1.165) is 37.5 Å². The highest BCUT2D eigenvalue weighted by Gasteiger charge is 2.24. The molecule has 1 aromatic rings. The van der Waals surface area contributed by atoms with Gasteiger partial charge in [-0.05, 0) is 62.4 Å². The lowest BCUT2D eigenvalue weighted by atomic mass is 10.0. The molecule has 23 heavy (non-hydrogen) atoms. The Kier molecular flexibility index (Phi) is 7.15. The number of piperidine rings is 1. The summed E-state index contributed by atoms with van der Waals surface area (Å²) in [5.41, 5.74) is 0.801. The number of nitrogens with zero attached hydrogens (tertiary/aromatic N) is 1. The summed E-state index contributed by atoms with van der Waals surface area (Å²) in [6.45, 7) is 3.65. The van der Waals surface area contributed by atoms with Crippen molar-refractivity contribution in [2.75, 3.05) is 31.5 Å². The topological polar surface area (TPSA) is 44.4 Å². The van der Waals surface area contributed by atoms with Crippen molar-refractivity contribution in [2.45, 2.75) is 31.7 Å². The molecule has 4 nitrogen and oxygen atoms in total. The minimum atomic E-state index is 0. The smallest absolute Gasteiger partial charge is 0.238 e. The molecule has 128 valence electrons. The van der Waals surface area contributed by atoms with Gasteiger partial charge in [0.25, 0.3) is 0 Å². The van der Waals surface area contributed by atoms with E-state index in [9.17, 15) is 4.79 Å². The highest BCUT2D eigenvalue weighted by Crippen LogP contribution is 2.28. The SMILES string of the molecule is Cl.O=C(CN1CCC(NCC2CC2)CC1)Nc1ccc(Cl)cc1. The predicted octanol–water partition coefficient (Wildman–Crippen LogP) is 3.16. The number of carbonyl (C=O) groups excluding carboxylic acids is 1. The van der Waals surface area contributed by atoms with Crippen LogP contribution in [0.2, 0.25) is 5.02 Å². The Balaban J connectivity index is 0.00000192. The number of carbonyl (C=O) groups is 1. The largest absolute Gasteiger partial charge is 0.325 e. The zero-order chi connectivity index (χ0) is 15.4. The maximum absolute atomic E-state index is 12.1. The van der Waals surface area contributed by atoms with Crippen molar-refractivity contribution in [3.8, 4) is 0 Å². The van der Waals surface area contributed by atoms with Crippen LogP contribution in [-0.4, -0.2) is 43.0 Å². The molecule has 0 bridgehead atoms. The van der Waals surface area contributed by atoms with E-state index < -0.39 is 0 Å². The lowest BCUT2D eigenvalue weighted by Gasteiger charge is -2.32. The zero-order valence-corrected chi connectivity index (χ0v) is 14.8. The quantitative estimate of drug-likeness (QED) is 0.821. The van der Waals surface area contributed by atoms with Crippen LogP contribution >= 0.6 is 24.0 Å². The van der Waals surface area contributed by atoms with Crippen LogP contribution < -0.4 is 10.6 Å². The fourth-order valence-electron chi connectivity index (χ4n) is 2.89. The van der Waals surface area contributed by atoms with Gasteiger partial charge in [0, 0.05) is 29.8 Å². The summed E-state index contributed by atoms with van der Waals surface area (Å²) in [6.07, 6.45) is 5.08. The van der Waals surface area contributed by atoms with Gasteiger partial charge in [-0.3, -0.25) is 9.69 Å². The summed E-state index contributed by atoms with van der Waals surface area (Å²) >= 11 is 5.84. The Hall–Kier alpha value is -0.810. The lowest BCUT2D eigenvalue weighted by Crippen LogP contribution is -2.45. The molecule has 1 heterocycles.